The van der Waals surface area contributed by atoms with Crippen molar-refractivity contribution in [2.75, 3.05) is 19.6 Å². The van der Waals surface area contributed by atoms with Gasteiger partial charge in [0.25, 0.3) is 11.5 Å². The number of fused-ring (bicyclic) bond motifs is 1. The minimum Gasteiger partial charge on any atom is -0.352 e. The molecule has 2 aromatic rings. The van der Waals surface area contributed by atoms with Crippen LogP contribution in [0.4, 0.5) is 0 Å². The average molecular weight is 314 g/mol. The van der Waals surface area contributed by atoms with Gasteiger partial charge in [0.1, 0.15) is 11.2 Å². The lowest BCUT2D eigenvalue weighted by atomic mass is 9.96. The Morgan fingerprint density at radius 1 is 1.48 bits per heavy atom. The normalized spacial score (nSPS) is 18.0. The molecule has 0 aliphatic carbocycles. The van der Waals surface area contributed by atoms with Crippen LogP contribution in [-0.4, -0.2) is 34.9 Å². The summed E-state index contributed by atoms with van der Waals surface area (Å²) in [4.78, 5) is 28.9. The number of amides is 1. The van der Waals surface area contributed by atoms with Crippen LogP contribution in [-0.2, 0) is 0 Å². The maximum Gasteiger partial charge on any atom is 0.270 e. The minimum atomic E-state index is -0.345. The molecule has 23 heavy (non-hydrogen) atoms. The van der Waals surface area contributed by atoms with Crippen LogP contribution in [0.5, 0.6) is 0 Å². The molecule has 1 atom stereocenters. The first-order valence-electron chi connectivity index (χ1n) is 8.12. The monoisotopic (exact) mass is 314 g/mol. The Balaban J connectivity index is 1.68. The molecule has 0 aromatic carbocycles. The lowest BCUT2D eigenvalue weighted by Gasteiger charge is -2.22. The number of piperidine rings is 1. The fourth-order valence-electron chi connectivity index (χ4n) is 2.99. The summed E-state index contributed by atoms with van der Waals surface area (Å²) in [5.74, 6) is 0.254. The predicted octanol–water partition coefficient (Wildman–Crippen LogP) is 1.12. The van der Waals surface area contributed by atoms with E-state index in [1.165, 1.54) is 23.4 Å². The highest BCUT2D eigenvalue weighted by molar-refractivity contribution is 5.93. The second-order valence-corrected chi connectivity index (χ2v) is 6.17. The first-order valence-corrected chi connectivity index (χ1v) is 8.12. The number of nitrogens with one attached hydrogen (secondary N) is 2. The van der Waals surface area contributed by atoms with E-state index in [9.17, 15) is 9.59 Å². The van der Waals surface area contributed by atoms with E-state index in [2.05, 4.69) is 15.6 Å². The fourth-order valence-corrected chi connectivity index (χ4v) is 2.99. The number of carbonyl (C=O) groups excluding carboxylic acids is 1. The lowest BCUT2D eigenvalue weighted by molar-refractivity contribution is 0.0948. The number of hydrogen-bond donors (Lipinski definition) is 2. The number of pyridine rings is 1. The standard InChI is InChI=1S/C17H22N4O2/c1-12-4-5-15-20-10-14(17(23)21(15)11-12)16(22)19-8-6-13-3-2-7-18-9-13/h4-5,10-11,13,18H,2-3,6-9H2,1H3,(H,19,22). The number of carbonyl (C=O) groups is 1. The highest BCUT2D eigenvalue weighted by Gasteiger charge is 2.15. The number of nitrogens with zero attached hydrogens (tertiary/aromatic N) is 2. The molecule has 3 rings (SSSR count). The first-order chi connectivity index (χ1) is 11.1. The lowest BCUT2D eigenvalue weighted by Crippen LogP contribution is -2.35. The molecule has 0 saturated carbocycles. The molecule has 1 amide bonds. The fraction of sp³-hybridized carbons (Fsp3) is 0.471. The van der Waals surface area contributed by atoms with Crippen LogP contribution in [0.1, 0.15) is 35.2 Å². The van der Waals surface area contributed by atoms with E-state index in [1.54, 1.807) is 12.3 Å². The van der Waals surface area contributed by atoms with E-state index in [0.717, 1.165) is 25.1 Å². The van der Waals surface area contributed by atoms with E-state index in [4.69, 9.17) is 0 Å². The van der Waals surface area contributed by atoms with Crippen molar-refractivity contribution in [2.45, 2.75) is 26.2 Å². The highest BCUT2D eigenvalue weighted by atomic mass is 16.2. The number of rotatable bonds is 4. The Morgan fingerprint density at radius 2 is 2.35 bits per heavy atom. The van der Waals surface area contributed by atoms with E-state index >= 15 is 0 Å². The van der Waals surface area contributed by atoms with Gasteiger partial charge in [-0.25, -0.2) is 4.98 Å². The van der Waals surface area contributed by atoms with Crippen LogP contribution in [0.15, 0.2) is 29.3 Å². The molecular weight excluding hydrogens is 292 g/mol. The minimum absolute atomic E-state index is 0.0925. The molecule has 0 bridgehead atoms. The summed E-state index contributed by atoms with van der Waals surface area (Å²) in [6.07, 6.45) is 6.38. The third-order valence-electron chi connectivity index (χ3n) is 4.33. The predicted molar refractivity (Wildman–Crippen MR) is 88.7 cm³/mol. The average Bonchev–Trinajstić information content (AvgIpc) is 2.56. The molecule has 6 nitrogen and oxygen atoms in total. The molecule has 1 unspecified atom stereocenters. The molecule has 2 aromatic heterocycles. The smallest absolute Gasteiger partial charge is 0.270 e. The number of hydrogen-bond acceptors (Lipinski definition) is 4. The van der Waals surface area contributed by atoms with Crippen molar-refractivity contribution in [3.05, 3.63) is 46.0 Å². The van der Waals surface area contributed by atoms with Gasteiger partial charge in [0.05, 0.1) is 0 Å². The summed E-state index contributed by atoms with van der Waals surface area (Å²) >= 11 is 0. The Kier molecular flexibility index (Phi) is 4.71. The summed E-state index contributed by atoms with van der Waals surface area (Å²) in [6, 6.07) is 3.66. The van der Waals surface area contributed by atoms with Gasteiger partial charge in [-0.1, -0.05) is 6.07 Å². The summed E-state index contributed by atoms with van der Waals surface area (Å²) in [6.45, 7) is 4.58. The van der Waals surface area contributed by atoms with Crippen LogP contribution in [0.3, 0.4) is 0 Å². The third kappa shape index (κ3) is 3.59. The second kappa shape index (κ2) is 6.91. The van der Waals surface area contributed by atoms with Gasteiger partial charge < -0.3 is 10.6 Å². The Bertz CT molecular complexity index is 763. The van der Waals surface area contributed by atoms with E-state index < -0.39 is 0 Å². The van der Waals surface area contributed by atoms with Crippen molar-refractivity contribution in [1.29, 1.82) is 0 Å². The van der Waals surface area contributed by atoms with Crippen LogP contribution in [0.2, 0.25) is 0 Å². The quantitative estimate of drug-likeness (QED) is 0.887. The zero-order valence-corrected chi connectivity index (χ0v) is 13.3. The maximum atomic E-state index is 12.4. The van der Waals surface area contributed by atoms with Gasteiger partial charge >= 0.3 is 0 Å². The molecule has 1 fully saturated rings. The van der Waals surface area contributed by atoms with Gasteiger partial charge in [0, 0.05) is 18.9 Å². The molecule has 0 spiro atoms. The van der Waals surface area contributed by atoms with E-state index in [1.807, 2.05) is 13.0 Å². The largest absolute Gasteiger partial charge is 0.352 e. The second-order valence-electron chi connectivity index (χ2n) is 6.17. The molecule has 1 aliphatic rings. The summed E-state index contributed by atoms with van der Waals surface area (Å²) in [5, 5.41) is 6.21. The van der Waals surface area contributed by atoms with Crippen molar-refractivity contribution in [2.24, 2.45) is 5.92 Å². The molecule has 0 radical (unpaired) electrons. The van der Waals surface area contributed by atoms with Crippen molar-refractivity contribution < 1.29 is 4.79 Å². The molecule has 2 N–H and O–H groups in total. The van der Waals surface area contributed by atoms with E-state index in [0.29, 0.717) is 18.1 Å². The molecule has 1 saturated heterocycles. The summed E-state index contributed by atoms with van der Waals surface area (Å²) in [5.41, 5.74) is 1.26. The Labute approximate surface area is 134 Å². The number of aromatic nitrogens is 2. The Morgan fingerprint density at radius 3 is 3.13 bits per heavy atom. The van der Waals surface area contributed by atoms with Crippen molar-refractivity contribution in [1.82, 2.24) is 20.0 Å². The Hall–Kier alpha value is -2.21. The zero-order chi connectivity index (χ0) is 16.2. The van der Waals surface area contributed by atoms with Crippen molar-refractivity contribution >= 4 is 11.6 Å². The topological polar surface area (TPSA) is 75.5 Å². The van der Waals surface area contributed by atoms with Crippen LogP contribution < -0.4 is 16.2 Å². The van der Waals surface area contributed by atoms with Gasteiger partial charge in [-0.15, -0.1) is 0 Å². The first kappa shape index (κ1) is 15.7. The van der Waals surface area contributed by atoms with Crippen LogP contribution in [0.25, 0.3) is 5.65 Å². The van der Waals surface area contributed by atoms with Gasteiger partial charge in [-0.05, 0) is 56.8 Å². The van der Waals surface area contributed by atoms with Gasteiger partial charge in [0.15, 0.2) is 0 Å². The van der Waals surface area contributed by atoms with Crippen molar-refractivity contribution in [3.8, 4) is 0 Å². The highest BCUT2D eigenvalue weighted by Crippen LogP contribution is 2.12. The molecule has 122 valence electrons. The summed E-state index contributed by atoms with van der Waals surface area (Å²) in [7, 11) is 0. The van der Waals surface area contributed by atoms with Crippen LogP contribution in [0, 0.1) is 12.8 Å². The molecular formula is C17H22N4O2. The van der Waals surface area contributed by atoms with Gasteiger partial charge in [-0.3, -0.25) is 14.0 Å². The van der Waals surface area contributed by atoms with Crippen molar-refractivity contribution in [3.63, 3.8) is 0 Å². The molecule has 3 heterocycles. The van der Waals surface area contributed by atoms with Gasteiger partial charge in [-0.2, -0.15) is 0 Å². The molecule has 1 aliphatic heterocycles. The zero-order valence-electron chi connectivity index (χ0n) is 13.3. The molecule has 6 heteroatoms. The van der Waals surface area contributed by atoms with Gasteiger partial charge in [0.2, 0.25) is 0 Å². The maximum absolute atomic E-state index is 12.4. The summed E-state index contributed by atoms with van der Waals surface area (Å²) < 4.78 is 1.43. The third-order valence-corrected chi connectivity index (χ3v) is 4.33. The van der Waals surface area contributed by atoms with Crippen LogP contribution >= 0.6 is 0 Å². The number of aryl methyl sites for hydroxylation is 1. The SMILES string of the molecule is Cc1ccc2ncc(C(=O)NCCC3CCCNC3)c(=O)n2c1. The van der Waals surface area contributed by atoms with E-state index in [-0.39, 0.29) is 17.0 Å².